The van der Waals surface area contributed by atoms with Gasteiger partial charge in [0.25, 0.3) is 0 Å². The SMILES string of the molecule is COC(=O)[C@@H]1CCN(C(=O)[C@@H]2CC(=O)N(Cc3ccc(C)cc3)C2)[C@@H](C(=O)OC)C1. The molecule has 0 radical (unpaired) electrons. The molecule has 0 spiro atoms. The summed E-state index contributed by atoms with van der Waals surface area (Å²) in [6.45, 7) is 3.02. The molecule has 162 valence electrons. The molecule has 0 saturated carbocycles. The summed E-state index contributed by atoms with van der Waals surface area (Å²) in [5.41, 5.74) is 2.15. The summed E-state index contributed by atoms with van der Waals surface area (Å²) in [6, 6.07) is 7.09. The van der Waals surface area contributed by atoms with E-state index in [1.54, 1.807) is 4.90 Å². The highest BCUT2D eigenvalue weighted by molar-refractivity contribution is 5.92. The molecule has 2 aliphatic rings. The van der Waals surface area contributed by atoms with Gasteiger partial charge in [0.05, 0.1) is 26.1 Å². The van der Waals surface area contributed by atoms with Crippen LogP contribution in [0.2, 0.25) is 0 Å². The molecule has 8 nitrogen and oxygen atoms in total. The summed E-state index contributed by atoms with van der Waals surface area (Å²) in [6.07, 6.45) is 0.702. The van der Waals surface area contributed by atoms with Gasteiger partial charge in [-0.05, 0) is 25.3 Å². The molecule has 30 heavy (non-hydrogen) atoms. The minimum Gasteiger partial charge on any atom is -0.469 e. The van der Waals surface area contributed by atoms with Crippen LogP contribution in [-0.2, 0) is 35.2 Å². The predicted octanol–water partition coefficient (Wildman–Crippen LogP) is 1.30. The smallest absolute Gasteiger partial charge is 0.328 e. The molecule has 2 heterocycles. The minimum absolute atomic E-state index is 0.0759. The largest absolute Gasteiger partial charge is 0.469 e. The van der Waals surface area contributed by atoms with E-state index in [0.29, 0.717) is 19.5 Å². The van der Waals surface area contributed by atoms with E-state index in [4.69, 9.17) is 9.47 Å². The monoisotopic (exact) mass is 416 g/mol. The number of hydrogen-bond donors (Lipinski definition) is 0. The molecule has 1 aromatic carbocycles. The molecule has 0 aliphatic carbocycles. The van der Waals surface area contributed by atoms with Gasteiger partial charge >= 0.3 is 11.9 Å². The Kier molecular flexibility index (Phi) is 6.74. The minimum atomic E-state index is -0.846. The van der Waals surface area contributed by atoms with E-state index in [1.165, 1.54) is 19.1 Å². The molecule has 3 rings (SSSR count). The van der Waals surface area contributed by atoms with Crippen LogP contribution in [0.15, 0.2) is 24.3 Å². The van der Waals surface area contributed by atoms with E-state index >= 15 is 0 Å². The summed E-state index contributed by atoms with van der Waals surface area (Å²) < 4.78 is 9.66. The van der Waals surface area contributed by atoms with Crippen molar-refractivity contribution in [3.05, 3.63) is 35.4 Å². The van der Waals surface area contributed by atoms with Gasteiger partial charge in [0.1, 0.15) is 6.04 Å². The normalized spacial score (nSPS) is 24.0. The van der Waals surface area contributed by atoms with Crippen LogP contribution < -0.4 is 0 Å². The van der Waals surface area contributed by atoms with Crippen molar-refractivity contribution in [3.63, 3.8) is 0 Å². The van der Waals surface area contributed by atoms with Crippen LogP contribution in [0.4, 0.5) is 0 Å². The highest BCUT2D eigenvalue weighted by Gasteiger charge is 2.44. The van der Waals surface area contributed by atoms with Crippen LogP contribution in [0.25, 0.3) is 0 Å². The average Bonchev–Trinajstić information content (AvgIpc) is 3.13. The summed E-state index contributed by atoms with van der Waals surface area (Å²) in [5.74, 6) is -2.23. The van der Waals surface area contributed by atoms with E-state index in [9.17, 15) is 19.2 Å². The first-order valence-corrected chi connectivity index (χ1v) is 10.1. The van der Waals surface area contributed by atoms with Crippen molar-refractivity contribution in [1.82, 2.24) is 9.80 Å². The third-order valence-corrected chi connectivity index (χ3v) is 5.95. The lowest BCUT2D eigenvalue weighted by molar-refractivity contribution is -0.161. The summed E-state index contributed by atoms with van der Waals surface area (Å²) in [5, 5.41) is 0. The molecule has 8 heteroatoms. The van der Waals surface area contributed by atoms with E-state index in [1.807, 2.05) is 31.2 Å². The number of ether oxygens (including phenoxy) is 2. The molecule has 3 atom stereocenters. The highest BCUT2D eigenvalue weighted by Crippen LogP contribution is 2.29. The number of nitrogens with zero attached hydrogens (tertiary/aromatic N) is 2. The fourth-order valence-electron chi connectivity index (χ4n) is 4.21. The number of likely N-dealkylation sites (tertiary alicyclic amines) is 2. The van der Waals surface area contributed by atoms with E-state index in [2.05, 4.69) is 0 Å². The standard InChI is InChI=1S/C22H28N2O6/c1-14-4-6-15(7-5-14)12-23-13-17(11-19(23)25)20(26)24-9-8-16(21(27)29-2)10-18(24)22(28)30-3/h4-7,16-18H,8-13H2,1-3H3/t16-,17-,18-/m1/s1. The van der Waals surface area contributed by atoms with Crippen LogP contribution in [0.5, 0.6) is 0 Å². The number of benzene rings is 1. The van der Waals surface area contributed by atoms with E-state index < -0.39 is 29.8 Å². The van der Waals surface area contributed by atoms with Crippen molar-refractivity contribution in [2.24, 2.45) is 11.8 Å². The Morgan fingerprint density at radius 2 is 1.70 bits per heavy atom. The Bertz CT molecular complexity index is 821. The number of esters is 2. The van der Waals surface area contributed by atoms with Gasteiger partial charge in [-0.2, -0.15) is 0 Å². The van der Waals surface area contributed by atoms with Crippen LogP contribution in [0, 0.1) is 18.8 Å². The van der Waals surface area contributed by atoms with E-state index in [-0.39, 0.29) is 31.2 Å². The van der Waals surface area contributed by atoms with Gasteiger partial charge in [0.2, 0.25) is 11.8 Å². The summed E-state index contributed by atoms with van der Waals surface area (Å²) in [7, 11) is 2.56. The topological polar surface area (TPSA) is 93.2 Å². The maximum Gasteiger partial charge on any atom is 0.328 e. The van der Waals surface area contributed by atoms with Gasteiger partial charge in [-0.1, -0.05) is 29.8 Å². The van der Waals surface area contributed by atoms with Crippen LogP contribution in [0.3, 0.4) is 0 Å². The number of carbonyl (C=O) groups excluding carboxylic acids is 4. The molecule has 2 fully saturated rings. The first-order valence-electron chi connectivity index (χ1n) is 10.1. The van der Waals surface area contributed by atoms with Crippen molar-refractivity contribution < 1.29 is 28.7 Å². The molecule has 2 amide bonds. The fraction of sp³-hybridized carbons (Fsp3) is 0.545. The molecule has 0 N–H and O–H groups in total. The van der Waals surface area contributed by atoms with Gasteiger partial charge in [0.15, 0.2) is 0 Å². The van der Waals surface area contributed by atoms with Gasteiger partial charge in [-0.3, -0.25) is 14.4 Å². The maximum absolute atomic E-state index is 13.2. The zero-order valence-corrected chi connectivity index (χ0v) is 17.6. The maximum atomic E-state index is 13.2. The number of amides is 2. The van der Waals surface area contributed by atoms with Gasteiger partial charge in [-0.15, -0.1) is 0 Å². The summed E-state index contributed by atoms with van der Waals surface area (Å²) in [4.78, 5) is 53.1. The lowest BCUT2D eigenvalue weighted by Crippen LogP contribution is -2.53. The number of methoxy groups -OCH3 is 2. The van der Waals surface area contributed by atoms with Crippen LogP contribution >= 0.6 is 0 Å². The third-order valence-electron chi connectivity index (χ3n) is 5.95. The zero-order chi connectivity index (χ0) is 21.8. The molecule has 0 unspecified atom stereocenters. The van der Waals surface area contributed by atoms with Crippen LogP contribution in [-0.4, -0.2) is 66.9 Å². The lowest BCUT2D eigenvalue weighted by Gasteiger charge is -2.38. The van der Waals surface area contributed by atoms with Gasteiger partial charge in [0, 0.05) is 26.1 Å². The molecule has 2 aliphatic heterocycles. The second kappa shape index (κ2) is 9.28. The van der Waals surface area contributed by atoms with Crippen molar-refractivity contribution in [3.8, 4) is 0 Å². The van der Waals surface area contributed by atoms with Gasteiger partial charge in [-0.25, -0.2) is 4.79 Å². The number of rotatable bonds is 5. The van der Waals surface area contributed by atoms with Crippen molar-refractivity contribution in [1.29, 1.82) is 0 Å². The first kappa shape index (κ1) is 21.8. The Hall–Kier alpha value is -2.90. The highest BCUT2D eigenvalue weighted by atomic mass is 16.5. The third kappa shape index (κ3) is 4.63. The molecule has 2 saturated heterocycles. The molecular weight excluding hydrogens is 388 g/mol. The second-order valence-corrected chi connectivity index (χ2v) is 7.98. The number of piperidine rings is 1. The first-order chi connectivity index (χ1) is 14.3. The fourth-order valence-corrected chi connectivity index (χ4v) is 4.21. The second-order valence-electron chi connectivity index (χ2n) is 7.98. The number of carbonyl (C=O) groups is 4. The summed E-state index contributed by atoms with van der Waals surface area (Å²) >= 11 is 0. The van der Waals surface area contributed by atoms with Crippen molar-refractivity contribution in [2.75, 3.05) is 27.3 Å². The van der Waals surface area contributed by atoms with Crippen LogP contribution in [0.1, 0.15) is 30.4 Å². The molecule has 1 aromatic rings. The Morgan fingerprint density at radius 3 is 2.33 bits per heavy atom. The Labute approximate surface area is 176 Å². The number of hydrogen-bond acceptors (Lipinski definition) is 6. The molecule has 0 bridgehead atoms. The quantitative estimate of drug-likeness (QED) is 0.672. The lowest BCUT2D eigenvalue weighted by atomic mass is 9.89. The zero-order valence-electron chi connectivity index (χ0n) is 17.6. The van der Waals surface area contributed by atoms with Crippen molar-refractivity contribution in [2.45, 2.75) is 38.8 Å². The van der Waals surface area contributed by atoms with E-state index in [0.717, 1.165) is 11.1 Å². The van der Waals surface area contributed by atoms with Crippen molar-refractivity contribution >= 4 is 23.8 Å². The van der Waals surface area contributed by atoms with Gasteiger partial charge < -0.3 is 19.3 Å². The average molecular weight is 416 g/mol. The number of aryl methyl sites for hydroxylation is 1. The molecule has 0 aromatic heterocycles. The predicted molar refractivity (Wildman–Crippen MR) is 107 cm³/mol. The molecular formula is C22H28N2O6. The Balaban J connectivity index is 1.68. The Morgan fingerprint density at radius 1 is 1.03 bits per heavy atom.